The number of aromatic nitrogens is 3. The van der Waals surface area contributed by atoms with Crippen LogP contribution in [0.2, 0.25) is 0 Å². The number of ether oxygens (including phenoxy) is 1. The number of halogens is 1. The maximum atomic E-state index is 13.3. The van der Waals surface area contributed by atoms with Gasteiger partial charge in [0.2, 0.25) is 5.16 Å². The van der Waals surface area contributed by atoms with Crippen molar-refractivity contribution in [2.75, 3.05) is 24.4 Å². The van der Waals surface area contributed by atoms with Crippen molar-refractivity contribution in [3.05, 3.63) is 65.7 Å². The van der Waals surface area contributed by atoms with E-state index in [0.29, 0.717) is 28.2 Å². The molecular formula is C19H20FN5O2S. The molecule has 1 heterocycles. The van der Waals surface area contributed by atoms with Crippen molar-refractivity contribution in [3.63, 3.8) is 0 Å². The molecular weight excluding hydrogens is 381 g/mol. The molecule has 2 aromatic carbocycles. The number of aryl methyl sites for hydroxylation is 1. The molecule has 0 saturated heterocycles. The van der Waals surface area contributed by atoms with Crippen molar-refractivity contribution in [2.24, 2.45) is 0 Å². The summed E-state index contributed by atoms with van der Waals surface area (Å²) in [5.41, 5.74) is 1.53. The van der Waals surface area contributed by atoms with Crippen LogP contribution in [0.5, 0.6) is 5.75 Å². The predicted molar refractivity (Wildman–Crippen MR) is 106 cm³/mol. The second-order valence-electron chi connectivity index (χ2n) is 6.05. The molecule has 3 rings (SSSR count). The number of anilines is 1. The molecule has 0 aliphatic carbocycles. The average Bonchev–Trinajstić information content (AvgIpc) is 3.02. The Labute approximate surface area is 166 Å². The zero-order valence-corrected chi connectivity index (χ0v) is 16.3. The lowest BCUT2D eigenvalue weighted by Gasteiger charge is -2.17. The minimum atomic E-state index is -0.394. The highest BCUT2D eigenvalue weighted by atomic mass is 32.2. The van der Waals surface area contributed by atoms with E-state index in [-0.39, 0.29) is 12.5 Å². The lowest BCUT2D eigenvalue weighted by molar-refractivity contribution is -0.120. The van der Waals surface area contributed by atoms with E-state index in [2.05, 4.69) is 10.2 Å². The molecule has 9 heteroatoms. The summed E-state index contributed by atoms with van der Waals surface area (Å²) < 4.78 is 20.3. The number of likely N-dealkylation sites (N-methyl/N-ethyl adjacent to an activating group) is 1. The Bertz CT molecular complexity index is 961. The fourth-order valence-electron chi connectivity index (χ4n) is 2.35. The van der Waals surface area contributed by atoms with E-state index in [1.54, 1.807) is 38.2 Å². The number of rotatable bonds is 7. The maximum absolute atomic E-state index is 13.3. The molecule has 0 bridgehead atoms. The first-order chi connectivity index (χ1) is 13.4. The van der Waals surface area contributed by atoms with Crippen molar-refractivity contribution in [2.45, 2.75) is 17.8 Å². The van der Waals surface area contributed by atoms with Gasteiger partial charge in [-0.15, -0.1) is 10.2 Å². The van der Waals surface area contributed by atoms with Crippen molar-refractivity contribution in [3.8, 4) is 5.75 Å². The van der Waals surface area contributed by atoms with E-state index in [1.165, 1.54) is 33.5 Å². The van der Waals surface area contributed by atoms with Gasteiger partial charge in [-0.1, -0.05) is 30.0 Å². The number of nitrogens with two attached hydrogens (primary N) is 1. The molecule has 0 unspecified atom stereocenters. The Kier molecular flexibility index (Phi) is 6.15. The SMILES string of the molecule is Cc1nnc(SCc2ccc(OCC(=O)N(C)c3cccc(F)c3)cc2)n1N. The van der Waals surface area contributed by atoms with E-state index in [4.69, 9.17) is 10.6 Å². The van der Waals surface area contributed by atoms with Gasteiger partial charge in [-0.2, -0.15) is 0 Å². The van der Waals surface area contributed by atoms with E-state index in [1.807, 2.05) is 12.1 Å². The number of hydrogen-bond acceptors (Lipinski definition) is 6. The Hall–Kier alpha value is -3.07. The first-order valence-corrected chi connectivity index (χ1v) is 9.46. The summed E-state index contributed by atoms with van der Waals surface area (Å²) in [6.07, 6.45) is 0. The van der Waals surface area contributed by atoms with Crippen LogP contribution in [0.4, 0.5) is 10.1 Å². The standard InChI is InChI=1S/C19H20FN5O2S/c1-13-22-23-19(25(13)21)28-12-14-6-8-17(9-7-14)27-11-18(26)24(2)16-5-3-4-15(20)10-16/h3-10H,11-12,21H2,1-2H3. The van der Waals surface area contributed by atoms with Crippen LogP contribution in [0.15, 0.2) is 53.7 Å². The van der Waals surface area contributed by atoms with Gasteiger partial charge in [0, 0.05) is 18.5 Å². The highest BCUT2D eigenvalue weighted by Gasteiger charge is 2.12. The topological polar surface area (TPSA) is 86.3 Å². The quantitative estimate of drug-likeness (QED) is 0.484. The van der Waals surface area contributed by atoms with Crippen molar-refractivity contribution in [1.82, 2.24) is 14.9 Å². The Morgan fingerprint density at radius 3 is 2.64 bits per heavy atom. The summed E-state index contributed by atoms with van der Waals surface area (Å²) in [6, 6.07) is 13.3. The largest absolute Gasteiger partial charge is 0.484 e. The van der Waals surface area contributed by atoms with Crippen LogP contribution < -0.4 is 15.5 Å². The van der Waals surface area contributed by atoms with Gasteiger partial charge in [-0.05, 0) is 42.8 Å². The van der Waals surface area contributed by atoms with Crippen molar-refractivity contribution < 1.29 is 13.9 Å². The molecule has 1 aromatic heterocycles. The summed E-state index contributed by atoms with van der Waals surface area (Å²) in [5.74, 6) is 7.06. The molecule has 7 nitrogen and oxygen atoms in total. The smallest absolute Gasteiger partial charge is 0.264 e. The molecule has 0 aliphatic rings. The Morgan fingerprint density at radius 1 is 1.25 bits per heavy atom. The maximum Gasteiger partial charge on any atom is 0.264 e. The number of nitrogen functional groups attached to an aromatic ring is 1. The molecule has 0 saturated carbocycles. The van der Waals surface area contributed by atoms with Crippen LogP contribution >= 0.6 is 11.8 Å². The van der Waals surface area contributed by atoms with E-state index >= 15 is 0 Å². The molecule has 28 heavy (non-hydrogen) atoms. The molecule has 146 valence electrons. The van der Waals surface area contributed by atoms with Crippen LogP contribution in [0.3, 0.4) is 0 Å². The summed E-state index contributed by atoms with van der Waals surface area (Å²) >= 11 is 1.48. The fraction of sp³-hybridized carbons (Fsp3) is 0.211. The Morgan fingerprint density at radius 2 is 2.00 bits per heavy atom. The van der Waals surface area contributed by atoms with E-state index < -0.39 is 5.82 Å². The van der Waals surface area contributed by atoms with Crippen LogP contribution in [0.25, 0.3) is 0 Å². The second-order valence-corrected chi connectivity index (χ2v) is 7.00. The number of amides is 1. The molecule has 0 aliphatic heterocycles. The Balaban J connectivity index is 1.51. The molecule has 0 radical (unpaired) electrons. The minimum Gasteiger partial charge on any atom is -0.484 e. The van der Waals surface area contributed by atoms with Gasteiger partial charge in [0.25, 0.3) is 5.91 Å². The lowest BCUT2D eigenvalue weighted by atomic mass is 10.2. The number of nitrogens with zero attached hydrogens (tertiary/aromatic N) is 4. The third kappa shape index (κ3) is 4.80. The first-order valence-electron chi connectivity index (χ1n) is 8.48. The lowest BCUT2D eigenvalue weighted by Crippen LogP contribution is -2.31. The highest BCUT2D eigenvalue weighted by molar-refractivity contribution is 7.98. The molecule has 0 fully saturated rings. The zero-order valence-electron chi connectivity index (χ0n) is 15.5. The number of benzene rings is 2. The summed E-state index contributed by atoms with van der Waals surface area (Å²) in [7, 11) is 1.58. The number of carbonyl (C=O) groups is 1. The monoisotopic (exact) mass is 401 g/mol. The van der Waals surface area contributed by atoms with E-state index in [0.717, 1.165) is 5.56 Å². The first kappa shape index (κ1) is 19.7. The molecule has 3 aromatic rings. The second kappa shape index (κ2) is 8.75. The van der Waals surface area contributed by atoms with Gasteiger partial charge in [0.05, 0.1) is 0 Å². The zero-order chi connectivity index (χ0) is 20.1. The van der Waals surface area contributed by atoms with Crippen LogP contribution in [-0.2, 0) is 10.5 Å². The van der Waals surface area contributed by atoms with Crippen LogP contribution in [0, 0.1) is 12.7 Å². The van der Waals surface area contributed by atoms with Gasteiger partial charge < -0.3 is 15.5 Å². The molecule has 2 N–H and O–H groups in total. The van der Waals surface area contributed by atoms with Gasteiger partial charge in [0.1, 0.15) is 17.4 Å². The van der Waals surface area contributed by atoms with Crippen LogP contribution in [-0.4, -0.2) is 34.4 Å². The summed E-state index contributed by atoms with van der Waals surface area (Å²) in [5, 5.41) is 8.56. The molecule has 0 spiro atoms. The number of carbonyl (C=O) groups excluding carboxylic acids is 1. The summed E-state index contributed by atoms with van der Waals surface area (Å²) in [4.78, 5) is 13.6. The van der Waals surface area contributed by atoms with E-state index in [9.17, 15) is 9.18 Å². The molecule has 0 atom stereocenters. The minimum absolute atomic E-state index is 0.142. The van der Waals surface area contributed by atoms with Crippen LogP contribution in [0.1, 0.15) is 11.4 Å². The third-order valence-electron chi connectivity index (χ3n) is 4.06. The van der Waals surface area contributed by atoms with Gasteiger partial charge in [-0.3, -0.25) is 4.79 Å². The number of thioether (sulfide) groups is 1. The van der Waals surface area contributed by atoms with Gasteiger partial charge >= 0.3 is 0 Å². The average molecular weight is 401 g/mol. The third-order valence-corrected chi connectivity index (χ3v) is 5.07. The van der Waals surface area contributed by atoms with Crippen molar-refractivity contribution >= 4 is 23.4 Å². The highest BCUT2D eigenvalue weighted by Crippen LogP contribution is 2.22. The van der Waals surface area contributed by atoms with Gasteiger partial charge in [0.15, 0.2) is 6.61 Å². The van der Waals surface area contributed by atoms with Crippen molar-refractivity contribution in [1.29, 1.82) is 0 Å². The normalized spacial score (nSPS) is 10.7. The number of hydrogen-bond donors (Lipinski definition) is 1. The molecule has 1 amide bonds. The fourth-order valence-corrected chi connectivity index (χ4v) is 3.21. The van der Waals surface area contributed by atoms with Gasteiger partial charge in [-0.25, -0.2) is 9.07 Å². The predicted octanol–water partition coefficient (Wildman–Crippen LogP) is 2.77. The summed E-state index contributed by atoms with van der Waals surface area (Å²) in [6.45, 7) is 1.65.